The van der Waals surface area contributed by atoms with Gasteiger partial charge in [-0.15, -0.1) is 0 Å². The molecule has 0 aromatic heterocycles. The first kappa shape index (κ1) is 17.6. The number of carbonyl (C=O) groups excluding carboxylic acids is 1. The highest BCUT2D eigenvalue weighted by molar-refractivity contribution is 7.89. The summed E-state index contributed by atoms with van der Waals surface area (Å²) in [5.74, 6) is -1.37. The fourth-order valence-electron chi connectivity index (χ4n) is 1.31. The Labute approximate surface area is 112 Å². The third kappa shape index (κ3) is 8.38. The highest BCUT2D eigenvalue weighted by Gasteiger charge is 2.32. The van der Waals surface area contributed by atoms with E-state index in [1.54, 1.807) is 20.8 Å². The summed E-state index contributed by atoms with van der Waals surface area (Å²) in [5.41, 5.74) is -0.635. The number of carboxylic acid groups (broad SMARTS) is 1. The van der Waals surface area contributed by atoms with Crippen molar-refractivity contribution in [3.05, 3.63) is 0 Å². The summed E-state index contributed by atoms with van der Waals surface area (Å²) >= 11 is 0. The lowest BCUT2D eigenvalue weighted by molar-refractivity contribution is -0.141. The third-order valence-corrected chi connectivity index (χ3v) is 3.14. The molecule has 1 unspecified atom stereocenters. The number of rotatable bonds is 6. The molecule has 5 N–H and O–H groups in total. The van der Waals surface area contributed by atoms with Crippen LogP contribution in [0.5, 0.6) is 0 Å². The highest BCUT2D eigenvalue weighted by Crippen LogP contribution is 2.19. The average molecular weight is 295 g/mol. The molecule has 0 aliphatic rings. The van der Waals surface area contributed by atoms with Gasteiger partial charge in [0.25, 0.3) is 0 Å². The molecular weight excluding hydrogens is 274 g/mol. The molecule has 0 bridgehead atoms. The fourth-order valence-corrected chi connectivity index (χ4v) is 1.85. The number of amides is 2. The Morgan fingerprint density at radius 2 is 1.84 bits per heavy atom. The molecule has 0 fully saturated rings. The Hall–Kier alpha value is -1.35. The van der Waals surface area contributed by atoms with Crippen LogP contribution >= 0.6 is 0 Å². The normalized spacial score (nSPS) is 13.7. The second-order valence-corrected chi connectivity index (χ2v) is 6.99. The van der Waals surface area contributed by atoms with Crippen molar-refractivity contribution >= 4 is 22.0 Å². The Balaban J connectivity index is 4.20. The number of aliphatic carboxylic acids is 1. The molecule has 0 aromatic rings. The molecule has 0 spiro atoms. The number of carbonyl (C=O) groups is 2. The zero-order valence-corrected chi connectivity index (χ0v) is 12.1. The zero-order chi connectivity index (χ0) is 15.3. The van der Waals surface area contributed by atoms with E-state index in [9.17, 15) is 18.0 Å². The molecule has 0 radical (unpaired) electrons. The van der Waals surface area contributed by atoms with E-state index in [1.807, 2.05) is 0 Å². The van der Waals surface area contributed by atoms with Crippen molar-refractivity contribution in [2.24, 2.45) is 10.6 Å². The molecule has 0 aliphatic carbocycles. The molecule has 9 heteroatoms. The molecule has 0 rings (SSSR count). The number of primary sulfonamides is 1. The molecule has 2 amide bonds. The molecular formula is C10H21N3O5S. The smallest absolute Gasteiger partial charge is 0.326 e. The number of hydrogen-bond donors (Lipinski definition) is 4. The number of nitrogens with one attached hydrogen (secondary N) is 2. The summed E-state index contributed by atoms with van der Waals surface area (Å²) < 4.78 is 21.3. The lowest BCUT2D eigenvalue weighted by atomic mass is 9.87. The first-order chi connectivity index (χ1) is 8.43. The number of nitrogens with two attached hydrogens (primary N) is 1. The third-order valence-electron chi connectivity index (χ3n) is 2.28. The van der Waals surface area contributed by atoms with Gasteiger partial charge >= 0.3 is 12.0 Å². The molecule has 1 atom stereocenters. The maximum Gasteiger partial charge on any atom is 0.326 e. The summed E-state index contributed by atoms with van der Waals surface area (Å²) in [6, 6.07) is -1.69. The van der Waals surface area contributed by atoms with Crippen molar-refractivity contribution in [2.45, 2.75) is 33.2 Å². The summed E-state index contributed by atoms with van der Waals surface area (Å²) in [7, 11) is -3.55. The van der Waals surface area contributed by atoms with Gasteiger partial charge in [0, 0.05) is 6.54 Å². The lowest BCUT2D eigenvalue weighted by Crippen LogP contribution is -2.52. The van der Waals surface area contributed by atoms with Crippen LogP contribution in [0.25, 0.3) is 0 Å². The summed E-state index contributed by atoms with van der Waals surface area (Å²) in [6.45, 7) is 5.16. The molecule has 0 saturated heterocycles. The van der Waals surface area contributed by atoms with E-state index in [0.717, 1.165) is 0 Å². The van der Waals surface area contributed by atoms with Gasteiger partial charge in [0.1, 0.15) is 6.04 Å². The first-order valence-electron chi connectivity index (χ1n) is 5.71. The van der Waals surface area contributed by atoms with Crippen molar-refractivity contribution in [3.63, 3.8) is 0 Å². The van der Waals surface area contributed by atoms with Crippen molar-refractivity contribution in [2.75, 3.05) is 12.3 Å². The minimum atomic E-state index is -3.55. The number of sulfonamides is 1. The van der Waals surface area contributed by atoms with Crippen LogP contribution in [0.15, 0.2) is 0 Å². The van der Waals surface area contributed by atoms with Crippen molar-refractivity contribution in [1.29, 1.82) is 0 Å². The van der Waals surface area contributed by atoms with Crippen LogP contribution in [-0.2, 0) is 14.8 Å². The minimum absolute atomic E-state index is 0.0960. The minimum Gasteiger partial charge on any atom is -0.480 e. The predicted molar refractivity (Wildman–Crippen MR) is 70.0 cm³/mol. The summed E-state index contributed by atoms with van der Waals surface area (Å²) in [4.78, 5) is 22.5. The Bertz CT molecular complexity index is 427. The maximum absolute atomic E-state index is 11.5. The average Bonchev–Trinajstić information content (AvgIpc) is 2.17. The molecule has 0 aliphatic heterocycles. The molecule has 0 saturated carbocycles. The van der Waals surface area contributed by atoms with E-state index in [0.29, 0.717) is 0 Å². The monoisotopic (exact) mass is 295 g/mol. The van der Waals surface area contributed by atoms with Crippen LogP contribution in [0.2, 0.25) is 0 Å². The Kier molecular flexibility index (Phi) is 6.23. The second kappa shape index (κ2) is 6.71. The van der Waals surface area contributed by atoms with Gasteiger partial charge in [-0.05, 0) is 11.8 Å². The number of carboxylic acids is 1. The quantitative estimate of drug-likeness (QED) is 0.488. The van der Waals surface area contributed by atoms with Gasteiger partial charge < -0.3 is 15.7 Å². The Morgan fingerprint density at radius 1 is 1.32 bits per heavy atom. The number of urea groups is 1. The summed E-state index contributed by atoms with van der Waals surface area (Å²) in [5, 5.41) is 18.5. The van der Waals surface area contributed by atoms with E-state index >= 15 is 0 Å². The molecule has 0 heterocycles. The van der Waals surface area contributed by atoms with Gasteiger partial charge in [-0.25, -0.2) is 23.1 Å². The van der Waals surface area contributed by atoms with E-state index in [2.05, 4.69) is 10.6 Å². The van der Waals surface area contributed by atoms with Crippen molar-refractivity contribution in [1.82, 2.24) is 10.6 Å². The maximum atomic E-state index is 11.5. The van der Waals surface area contributed by atoms with E-state index in [1.165, 1.54) is 0 Å². The summed E-state index contributed by atoms with van der Waals surface area (Å²) in [6.07, 6.45) is 0.166. The van der Waals surface area contributed by atoms with Crippen LogP contribution in [0, 0.1) is 5.41 Å². The lowest BCUT2D eigenvalue weighted by Gasteiger charge is -2.27. The van der Waals surface area contributed by atoms with Crippen LogP contribution < -0.4 is 15.8 Å². The van der Waals surface area contributed by atoms with Gasteiger partial charge in [0.15, 0.2) is 0 Å². The zero-order valence-electron chi connectivity index (χ0n) is 11.3. The van der Waals surface area contributed by atoms with Crippen molar-refractivity contribution < 1.29 is 23.1 Å². The van der Waals surface area contributed by atoms with Crippen LogP contribution in [0.3, 0.4) is 0 Å². The van der Waals surface area contributed by atoms with Crippen LogP contribution in [-0.4, -0.2) is 43.9 Å². The molecule has 112 valence electrons. The van der Waals surface area contributed by atoms with E-state index in [4.69, 9.17) is 10.2 Å². The van der Waals surface area contributed by atoms with E-state index in [-0.39, 0.29) is 18.7 Å². The second-order valence-electron chi connectivity index (χ2n) is 5.26. The SMILES string of the molecule is CC(C)(C)C(NC(=O)NCCCS(N)(=O)=O)C(=O)O. The predicted octanol–water partition coefficient (Wildman–Crippen LogP) is -0.536. The fraction of sp³-hybridized carbons (Fsp3) is 0.800. The van der Waals surface area contributed by atoms with Gasteiger partial charge in [0.05, 0.1) is 5.75 Å². The van der Waals surface area contributed by atoms with Gasteiger partial charge in [0.2, 0.25) is 10.0 Å². The van der Waals surface area contributed by atoms with Crippen LogP contribution in [0.4, 0.5) is 4.79 Å². The highest BCUT2D eigenvalue weighted by atomic mass is 32.2. The number of hydrogen-bond acceptors (Lipinski definition) is 4. The molecule has 8 nitrogen and oxygen atoms in total. The van der Waals surface area contributed by atoms with Crippen LogP contribution in [0.1, 0.15) is 27.2 Å². The van der Waals surface area contributed by atoms with Gasteiger partial charge in [-0.1, -0.05) is 20.8 Å². The van der Waals surface area contributed by atoms with Crippen molar-refractivity contribution in [3.8, 4) is 0 Å². The molecule has 19 heavy (non-hydrogen) atoms. The topological polar surface area (TPSA) is 139 Å². The first-order valence-corrected chi connectivity index (χ1v) is 7.42. The standard InChI is InChI=1S/C10H21N3O5S/c1-10(2,3)7(8(14)15)13-9(16)12-5-4-6-19(11,17)18/h7H,4-6H2,1-3H3,(H,14,15)(H2,11,17,18)(H2,12,13,16). The van der Waals surface area contributed by atoms with E-state index < -0.39 is 33.5 Å². The largest absolute Gasteiger partial charge is 0.480 e. The Morgan fingerprint density at radius 3 is 2.21 bits per heavy atom. The van der Waals surface area contributed by atoms with Gasteiger partial charge in [-0.3, -0.25) is 0 Å². The van der Waals surface area contributed by atoms with Gasteiger partial charge in [-0.2, -0.15) is 0 Å². The molecule has 0 aromatic carbocycles.